The third kappa shape index (κ3) is 7.02. The minimum Gasteiger partial charge on any atom is -0.490 e. The number of benzene rings is 2. The molecule has 0 radical (unpaired) electrons. The van der Waals surface area contributed by atoms with Gasteiger partial charge in [-0.3, -0.25) is 4.79 Å². The number of carbonyl (C=O) groups excluding carboxylic acids is 2. The summed E-state index contributed by atoms with van der Waals surface area (Å²) in [5.41, 5.74) is 0.952. The van der Waals surface area contributed by atoms with Gasteiger partial charge in [-0.2, -0.15) is 13.2 Å². The average molecular weight is 617 g/mol. The maximum absolute atomic E-state index is 13.2. The van der Waals surface area contributed by atoms with Crippen LogP contribution in [0.15, 0.2) is 36.4 Å². The molecule has 13 heteroatoms. The van der Waals surface area contributed by atoms with Gasteiger partial charge >= 0.3 is 12.1 Å². The number of alkyl halides is 3. The molecule has 1 amide bonds. The van der Waals surface area contributed by atoms with Crippen LogP contribution in [-0.4, -0.2) is 90.1 Å². The van der Waals surface area contributed by atoms with Gasteiger partial charge in [0.1, 0.15) is 35.9 Å². The quantitative estimate of drug-likeness (QED) is 0.458. The predicted molar refractivity (Wildman–Crippen MR) is 144 cm³/mol. The molecule has 3 aliphatic heterocycles. The fraction of sp³-hybridized carbons (Fsp3) is 0.500. The minimum atomic E-state index is -5.10. The lowest BCUT2D eigenvalue weighted by molar-refractivity contribution is -0.204. The van der Waals surface area contributed by atoms with Crippen LogP contribution >= 0.6 is 23.2 Å². The number of amides is 1. The molecule has 2 aromatic carbocycles. The normalized spacial score (nSPS) is 20.9. The highest BCUT2D eigenvalue weighted by atomic mass is 35.5. The summed E-state index contributed by atoms with van der Waals surface area (Å²) in [7, 11) is 0. The Balaban J connectivity index is 1.12. The predicted octanol–water partition coefficient (Wildman–Crippen LogP) is 4.52. The summed E-state index contributed by atoms with van der Waals surface area (Å²) in [4.78, 5) is 27.7. The lowest BCUT2D eigenvalue weighted by Gasteiger charge is -2.39. The third-order valence-corrected chi connectivity index (χ3v) is 8.11. The van der Waals surface area contributed by atoms with E-state index in [9.17, 15) is 27.9 Å². The molecule has 0 bridgehead atoms. The number of fused-ring (bicyclic) bond motifs is 1. The van der Waals surface area contributed by atoms with Crippen molar-refractivity contribution < 1.29 is 42.1 Å². The van der Waals surface area contributed by atoms with Gasteiger partial charge in [0.2, 0.25) is 0 Å². The lowest BCUT2D eigenvalue weighted by Crippen LogP contribution is -2.49. The van der Waals surface area contributed by atoms with Gasteiger partial charge in [-0.05, 0) is 42.0 Å². The van der Waals surface area contributed by atoms with Crippen LogP contribution in [0.4, 0.5) is 13.2 Å². The molecule has 0 aromatic heterocycles. The van der Waals surface area contributed by atoms with Crippen LogP contribution in [0.5, 0.6) is 11.5 Å². The first-order valence-electron chi connectivity index (χ1n) is 13.3. The molecule has 0 unspecified atom stereocenters. The number of likely N-dealkylation sites (tertiary alicyclic amines) is 2. The van der Waals surface area contributed by atoms with E-state index in [0.717, 1.165) is 43.7 Å². The molecular formula is C28H29Cl2F3N2O6. The molecule has 5 rings (SSSR count). The number of piperidine rings is 1. The number of aliphatic hydroxyl groups is 1. The molecule has 41 heavy (non-hydrogen) atoms. The standard InChI is InChI=1S/C28H29Cl2F3N2O6/c29-18-1-3-23-17(11-18)13-27(41-23)6-9-34(10-7-27)14-20(36)16-39-24-4-2-19(30)12-22(24)25(37)35-8-5-21(15-35)40-26(38)28(31,32)33/h1-4,11-12,20-21,36H,5-10,13-16H2/t20-,21+/m1/s1. The topological polar surface area (TPSA) is 88.5 Å². The van der Waals surface area contributed by atoms with E-state index >= 15 is 0 Å². The minimum absolute atomic E-state index is 0.0744. The lowest BCUT2D eigenvalue weighted by atomic mass is 9.87. The second-order valence-electron chi connectivity index (χ2n) is 10.7. The van der Waals surface area contributed by atoms with E-state index in [2.05, 4.69) is 9.64 Å². The number of nitrogens with zero attached hydrogens (tertiary/aromatic N) is 2. The Kier molecular flexibility index (Phi) is 8.61. The summed E-state index contributed by atoms with van der Waals surface area (Å²) in [6.45, 7) is 1.66. The summed E-state index contributed by atoms with van der Waals surface area (Å²) in [6, 6.07) is 10.1. The first kappa shape index (κ1) is 29.8. The Morgan fingerprint density at radius 1 is 1.10 bits per heavy atom. The molecule has 2 atom stereocenters. The smallest absolute Gasteiger partial charge is 0.490 e. The van der Waals surface area contributed by atoms with E-state index in [1.165, 1.54) is 23.1 Å². The fourth-order valence-electron chi connectivity index (χ4n) is 5.55. The summed E-state index contributed by atoms with van der Waals surface area (Å²) in [6.07, 6.45) is -4.53. The van der Waals surface area contributed by atoms with Crippen LogP contribution in [0.1, 0.15) is 35.2 Å². The van der Waals surface area contributed by atoms with E-state index in [-0.39, 0.29) is 48.1 Å². The summed E-state index contributed by atoms with van der Waals surface area (Å²) in [5, 5.41) is 11.6. The Morgan fingerprint density at radius 3 is 2.54 bits per heavy atom. The highest BCUT2D eigenvalue weighted by Gasteiger charge is 2.44. The van der Waals surface area contributed by atoms with Gasteiger partial charge in [0.05, 0.1) is 12.1 Å². The summed E-state index contributed by atoms with van der Waals surface area (Å²) < 4.78 is 54.2. The molecule has 1 N–H and O–H groups in total. The second kappa shape index (κ2) is 11.9. The van der Waals surface area contributed by atoms with Gasteiger partial charge in [0.25, 0.3) is 5.91 Å². The Bertz CT molecular complexity index is 1300. The van der Waals surface area contributed by atoms with E-state index in [4.69, 9.17) is 32.7 Å². The van der Waals surface area contributed by atoms with Crippen LogP contribution in [0.25, 0.3) is 0 Å². The monoisotopic (exact) mass is 616 g/mol. The molecular weight excluding hydrogens is 588 g/mol. The molecule has 222 valence electrons. The number of carbonyl (C=O) groups is 2. The zero-order chi connectivity index (χ0) is 29.4. The molecule has 3 heterocycles. The van der Waals surface area contributed by atoms with Crippen molar-refractivity contribution in [3.63, 3.8) is 0 Å². The zero-order valence-electron chi connectivity index (χ0n) is 22.0. The van der Waals surface area contributed by atoms with E-state index in [1.807, 2.05) is 18.2 Å². The number of rotatable bonds is 7. The van der Waals surface area contributed by atoms with Gasteiger partial charge < -0.3 is 29.1 Å². The number of halogens is 5. The van der Waals surface area contributed by atoms with Crippen molar-refractivity contribution in [2.24, 2.45) is 0 Å². The van der Waals surface area contributed by atoms with Crippen LogP contribution in [0.3, 0.4) is 0 Å². The summed E-state index contributed by atoms with van der Waals surface area (Å²) >= 11 is 12.2. The number of esters is 1. The Hall–Kier alpha value is -2.73. The molecule has 0 aliphatic carbocycles. The molecule has 1 spiro atoms. The van der Waals surface area contributed by atoms with E-state index in [1.54, 1.807) is 0 Å². The Morgan fingerprint density at radius 2 is 1.80 bits per heavy atom. The first-order valence-corrected chi connectivity index (χ1v) is 14.0. The molecule has 2 fully saturated rings. The van der Waals surface area contributed by atoms with Crippen molar-refractivity contribution >= 4 is 35.1 Å². The molecule has 0 saturated carbocycles. The van der Waals surface area contributed by atoms with Crippen LogP contribution in [0, 0.1) is 0 Å². The SMILES string of the molecule is O=C(c1cc(Cl)ccc1OC[C@H](O)CN1CCC2(CC1)Cc1cc(Cl)ccc1O2)N1CC[C@H](OC(=O)C(F)(F)F)C1. The second-order valence-corrected chi connectivity index (χ2v) is 11.6. The molecule has 8 nitrogen and oxygen atoms in total. The van der Waals surface area contributed by atoms with Crippen LogP contribution < -0.4 is 9.47 Å². The van der Waals surface area contributed by atoms with Crippen molar-refractivity contribution in [3.05, 3.63) is 57.6 Å². The van der Waals surface area contributed by atoms with Crippen molar-refractivity contribution in [1.82, 2.24) is 9.80 Å². The van der Waals surface area contributed by atoms with Crippen LogP contribution in [0.2, 0.25) is 10.0 Å². The van der Waals surface area contributed by atoms with Crippen molar-refractivity contribution in [2.45, 2.75) is 49.7 Å². The number of hydrogen-bond donors (Lipinski definition) is 1. The molecule has 2 saturated heterocycles. The third-order valence-electron chi connectivity index (χ3n) is 7.64. The number of β-amino-alcohol motifs (C(OH)–C–C–N with tert-alkyl or cyclic N) is 1. The largest absolute Gasteiger partial charge is 0.490 e. The van der Waals surface area contributed by atoms with Crippen molar-refractivity contribution in [1.29, 1.82) is 0 Å². The number of ether oxygens (including phenoxy) is 3. The highest BCUT2D eigenvalue weighted by molar-refractivity contribution is 6.31. The maximum Gasteiger partial charge on any atom is 0.490 e. The van der Waals surface area contributed by atoms with Gasteiger partial charge in [-0.15, -0.1) is 0 Å². The van der Waals surface area contributed by atoms with Crippen molar-refractivity contribution in [2.75, 3.05) is 39.3 Å². The van der Waals surface area contributed by atoms with E-state index in [0.29, 0.717) is 11.6 Å². The van der Waals surface area contributed by atoms with Gasteiger partial charge in [-0.25, -0.2) is 4.79 Å². The van der Waals surface area contributed by atoms with Crippen LogP contribution in [-0.2, 0) is 16.0 Å². The maximum atomic E-state index is 13.2. The highest BCUT2D eigenvalue weighted by Crippen LogP contribution is 2.42. The average Bonchev–Trinajstić information content (AvgIpc) is 3.52. The van der Waals surface area contributed by atoms with Gasteiger partial charge in [0.15, 0.2) is 0 Å². The summed E-state index contributed by atoms with van der Waals surface area (Å²) in [5.74, 6) is -1.76. The first-order chi connectivity index (χ1) is 19.4. The Labute approximate surface area is 244 Å². The van der Waals surface area contributed by atoms with Gasteiger partial charge in [-0.1, -0.05) is 23.2 Å². The zero-order valence-corrected chi connectivity index (χ0v) is 23.5. The fourth-order valence-corrected chi connectivity index (χ4v) is 5.92. The van der Waals surface area contributed by atoms with E-state index < -0.39 is 30.3 Å². The molecule has 2 aromatic rings. The number of hydrogen-bond acceptors (Lipinski definition) is 7. The molecule has 3 aliphatic rings. The van der Waals surface area contributed by atoms with Gasteiger partial charge in [0, 0.05) is 61.9 Å². The van der Waals surface area contributed by atoms with Crippen molar-refractivity contribution in [3.8, 4) is 11.5 Å². The number of aliphatic hydroxyl groups excluding tert-OH is 1.